The number of aromatic nitrogens is 1. The molecule has 0 unspecified atom stereocenters. The number of pyridine rings is 1. The Morgan fingerprint density at radius 2 is 1.94 bits per heavy atom. The number of methoxy groups -OCH3 is 1. The zero-order valence-electron chi connectivity index (χ0n) is 9.88. The van der Waals surface area contributed by atoms with Crippen LogP contribution in [-0.2, 0) is 0 Å². The Bertz CT molecular complexity index is 554. The van der Waals surface area contributed by atoms with Crippen LogP contribution in [0.3, 0.4) is 0 Å². The molecule has 4 nitrogen and oxygen atoms in total. The molecule has 1 aromatic carbocycles. The summed E-state index contributed by atoms with van der Waals surface area (Å²) in [5.74, 6) is 0.803. The average molecular weight is 259 g/mol. The van der Waals surface area contributed by atoms with Crippen LogP contribution in [0.1, 0.15) is 5.69 Å². The van der Waals surface area contributed by atoms with Crippen LogP contribution in [0.2, 0.25) is 0 Å². The van der Waals surface area contributed by atoms with E-state index in [2.05, 4.69) is 4.98 Å². The summed E-state index contributed by atoms with van der Waals surface area (Å²) in [7, 11) is 1.64. The van der Waals surface area contributed by atoms with E-state index in [-0.39, 0.29) is 5.84 Å². The maximum absolute atomic E-state index is 7.35. The molecule has 0 radical (unpaired) electrons. The molecule has 0 saturated heterocycles. The molecule has 18 heavy (non-hydrogen) atoms. The van der Waals surface area contributed by atoms with Gasteiger partial charge in [-0.15, -0.1) is 0 Å². The Balaban J connectivity index is 2.17. The van der Waals surface area contributed by atoms with E-state index in [1.807, 2.05) is 36.4 Å². The van der Waals surface area contributed by atoms with Gasteiger partial charge < -0.3 is 10.5 Å². The van der Waals surface area contributed by atoms with Crippen LogP contribution in [0.25, 0.3) is 0 Å². The maximum Gasteiger partial charge on any atom is 0.141 e. The molecule has 0 saturated carbocycles. The predicted molar refractivity (Wildman–Crippen MR) is 72.4 cm³/mol. The van der Waals surface area contributed by atoms with Gasteiger partial charge in [-0.1, -0.05) is 17.8 Å². The van der Waals surface area contributed by atoms with Crippen LogP contribution in [0.5, 0.6) is 5.75 Å². The van der Waals surface area contributed by atoms with Gasteiger partial charge in [-0.3, -0.25) is 5.41 Å². The quantitative estimate of drug-likeness (QED) is 0.653. The summed E-state index contributed by atoms with van der Waals surface area (Å²) in [6.45, 7) is 0. The predicted octanol–water partition coefficient (Wildman–Crippen LogP) is 2.53. The van der Waals surface area contributed by atoms with Crippen molar-refractivity contribution < 1.29 is 4.74 Å². The zero-order chi connectivity index (χ0) is 13.0. The minimum Gasteiger partial charge on any atom is -0.497 e. The van der Waals surface area contributed by atoms with Gasteiger partial charge in [-0.25, -0.2) is 4.98 Å². The first-order chi connectivity index (χ1) is 8.69. The molecule has 5 heteroatoms. The van der Waals surface area contributed by atoms with Gasteiger partial charge in [0.2, 0.25) is 0 Å². The van der Waals surface area contributed by atoms with E-state index in [0.717, 1.165) is 15.7 Å². The molecule has 0 amide bonds. The van der Waals surface area contributed by atoms with Crippen molar-refractivity contribution in [2.24, 2.45) is 5.73 Å². The fraction of sp³-hybridized carbons (Fsp3) is 0.0769. The lowest BCUT2D eigenvalue weighted by molar-refractivity contribution is 0.414. The monoisotopic (exact) mass is 259 g/mol. The Hall–Kier alpha value is -2.01. The molecule has 1 aromatic heterocycles. The Morgan fingerprint density at radius 1 is 1.22 bits per heavy atom. The van der Waals surface area contributed by atoms with E-state index >= 15 is 0 Å². The van der Waals surface area contributed by atoms with Crippen molar-refractivity contribution in [2.45, 2.75) is 9.92 Å². The summed E-state index contributed by atoms with van der Waals surface area (Å²) < 4.78 is 5.10. The molecule has 2 rings (SSSR count). The highest BCUT2D eigenvalue weighted by Gasteiger charge is 2.02. The SMILES string of the molecule is COc1ccc(Sc2cccc(C(=N)N)n2)cc1. The van der Waals surface area contributed by atoms with Crippen LogP contribution in [-0.4, -0.2) is 17.9 Å². The maximum atomic E-state index is 7.35. The number of nitrogen functional groups attached to an aromatic ring is 1. The zero-order valence-corrected chi connectivity index (χ0v) is 10.7. The third-order valence-corrected chi connectivity index (χ3v) is 3.23. The number of nitrogens with two attached hydrogens (primary N) is 1. The largest absolute Gasteiger partial charge is 0.497 e. The third kappa shape index (κ3) is 3.01. The van der Waals surface area contributed by atoms with Gasteiger partial charge in [-0.2, -0.15) is 0 Å². The highest BCUT2D eigenvalue weighted by atomic mass is 32.2. The molecule has 0 aliphatic carbocycles. The standard InChI is InChI=1S/C13H13N3OS/c1-17-9-5-7-10(8-6-9)18-12-4-2-3-11(16-12)13(14)15/h2-8H,1H3,(H3,14,15). The first-order valence-electron chi connectivity index (χ1n) is 5.32. The summed E-state index contributed by atoms with van der Waals surface area (Å²) in [4.78, 5) is 5.35. The third-order valence-electron chi connectivity index (χ3n) is 2.28. The Morgan fingerprint density at radius 3 is 2.56 bits per heavy atom. The molecule has 0 bridgehead atoms. The van der Waals surface area contributed by atoms with Gasteiger partial charge in [0.1, 0.15) is 22.3 Å². The minimum atomic E-state index is -0.0211. The van der Waals surface area contributed by atoms with Crippen LogP contribution in [0.4, 0.5) is 0 Å². The van der Waals surface area contributed by atoms with Gasteiger partial charge in [0.05, 0.1) is 7.11 Å². The molecule has 0 aliphatic heterocycles. The number of hydrogen-bond donors (Lipinski definition) is 2. The van der Waals surface area contributed by atoms with Crippen LogP contribution >= 0.6 is 11.8 Å². The molecular formula is C13H13N3OS. The molecule has 3 N–H and O–H groups in total. The molecule has 2 aromatic rings. The highest BCUT2D eigenvalue weighted by molar-refractivity contribution is 7.99. The van der Waals surface area contributed by atoms with Gasteiger partial charge in [0.25, 0.3) is 0 Å². The summed E-state index contributed by atoms with van der Waals surface area (Å²) in [5, 5.41) is 8.17. The van der Waals surface area contributed by atoms with E-state index in [9.17, 15) is 0 Å². The average Bonchev–Trinajstić information content (AvgIpc) is 2.40. The number of rotatable bonds is 4. The fourth-order valence-electron chi connectivity index (χ4n) is 1.39. The van der Waals surface area contributed by atoms with Crippen molar-refractivity contribution >= 4 is 17.6 Å². The van der Waals surface area contributed by atoms with Crippen molar-refractivity contribution in [1.82, 2.24) is 4.98 Å². The van der Waals surface area contributed by atoms with Crippen LogP contribution in [0, 0.1) is 5.41 Å². The summed E-state index contributed by atoms with van der Waals surface area (Å²) in [6.07, 6.45) is 0. The number of nitrogens with one attached hydrogen (secondary N) is 1. The second-order valence-electron chi connectivity index (χ2n) is 3.55. The first-order valence-corrected chi connectivity index (χ1v) is 6.14. The second-order valence-corrected chi connectivity index (χ2v) is 4.65. The van der Waals surface area contributed by atoms with Crippen molar-refractivity contribution in [3.8, 4) is 5.75 Å². The molecule has 0 aliphatic rings. The van der Waals surface area contributed by atoms with E-state index in [1.165, 1.54) is 11.8 Å². The molecule has 1 heterocycles. The molecular weight excluding hydrogens is 246 g/mol. The van der Waals surface area contributed by atoms with Crippen LogP contribution in [0.15, 0.2) is 52.4 Å². The summed E-state index contributed by atoms with van der Waals surface area (Å²) >= 11 is 1.52. The van der Waals surface area contributed by atoms with Gasteiger partial charge in [-0.05, 0) is 36.4 Å². The van der Waals surface area contributed by atoms with E-state index < -0.39 is 0 Å². The number of benzene rings is 1. The Labute approximate surface area is 110 Å². The first kappa shape index (κ1) is 12.4. The van der Waals surface area contributed by atoms with Crippen molar-refractivity contribution in [1.29, 1.82) is 5.41 Å². The number of nitrogens with zero attached hydrogens (tertiary/aromatic N) is 1. The van der Waals surface area contributed by atoms with E-state index in [0.29, 0.717) is 5.69 Å². The fourth-order valence-corrected chi connectivity index (χ4v) is 2.19. The van der Waals surface area contributed by atoms with Gasteiger partial charge >= 0.3 is 0 Å². The molecule has 0 atom stereocenters. The lowest BCUT2D eigenvalue weighted by Gasteiger charge is -2.04. The van der Waals surface area contributed by atoms with Crippen molar-refractivity contribution in [3.05, 3.63) is 48.2 Å². The topological polar surface area (TPSA) is 72.0 Å². The van der Waals surface area contributed by atoms with Crippen molar-refractivity contribution in [3.63, 3.8) is 0 Å². The Kier molecular flexibility index (Phi) is 3.84. The lowest BCUT2D eigenvalue weighted by atomic mass is 10.3. The number of hydrogen-bond acceptors (Lipinski definition) is 4. The minimum absolute atomic E-state index is 0.0211. The van der Waals surface area contributed by atoms with Gasteiger partial charge in [0, 0.05) is 4.90 Å². The number of ether oxygens (including phenoxy) is 1. The number of amidine groups is 1. The lowest BCUT2D eigenvalue weighted by Crippen LogP contribution is -2.12. The smallest absolute Gasteiger partial charge is 0.141 e. The highest BCUT2D eigenvalue weighted by Crippen LogP contribution is 2.27. The van der Waals surface area contributed by atoms with Crippen molar-refractivity contribution in [2.75, 3.05) is 7.11 Å². The normalized spacial score (nSPS) is 10.1. The van der Waals surface area contributed by atoms with Gasteiger partial charge in [0.15, 0.2) is 0 Å². The van der Waals surface area contributed by atoms with E-state index in [4.69, 9.17) is 15.9 Å². The summed E-state index contributed by atoms with van der Waals surface area (Å²) in [6, 6.07) is 13.2. The molecule has 0 fully saturated rings. The van der Waals surface area contributed by atoms with E-state index in [1.54, 1.807) is 13.2 Å². The van der Waals surface area contributed by atoms with Crippen LogP contribution < -0.4 is 10.5 Å². The summed E-state index contributed by atoms with van der Waals surface area (Å²) in [5.41, 5.74) is 5.90. The molecule has 0 spiro atoms. The second kappa shape index (κ2) is 5.55. The molecule has 92 valence electrons.